The van der Waals surface area contributed by atoms with Crippen molar-refractivity contribution in [2.45, 2.75) is 37.0 Å². The summed E-state index contributed by atoms with van der Waals surface area (Å²) in [5, 5.41) is 8.73. The number of ether oxygens (including phenoxy) is 1. The van der Waals surface area contributed by atoms with Crippen LogP contribution in [-0.2, 0) is 14.9 Å². The molecule has 6 nitrogen and oxygen atoms in total. The van der Waals surface area contributed by atoms with Crippen molar-refractivity contribution >= 4 is 27.5 Å². The first-order chi connectivity index (χ1) is 14.7. The number of carbonyl (C=O) groups excluding carboxylic acids is 1. The lowest BCUT2D eigenvalue weighted by Gasteiger charge is -2.42. The highest BCUT2D eigenvalue weighted by Crippen LogP contribution is 2.39. The van der Waals surface area contributed by atoms with Crippen LogP contribution in [0.5, 0.6) is 0 Å². The van der Waals surface area contributed by atoms with Gasteiger partial charge in [-0.05, 0) is 55.5 Å². The predicted octanol–water partition coefficient (Wildman–Crippen LogP) is 3.95. The van der Waals surface area contributed by atoms with Gasteiger partial charge < -0.3 is 9.64 Å². The Morgan fingerprint density at radius 1 is 1.03 bits per heavy atom. The van der Waals surface area contributed by atoms with E-state index in [0.29, 0.717) is 19.1 Å². The molecule has 0 bridgehead atoms. The molecule has 4 heterocycles. The molecule has 0 N–H and O–H groups in total. The average molecular weight is 469 g/mol. The summed E-state index contributed by atoms with van der Waals surface area (Å²) in [4.78, 5) is 15.9. The molecule has 156 valence electrons. The van der Waals surface area contributed by atoms with E-state index in [9.17, 15) is 4.79 Å². The second kappa shape index (κ2) is 8.12. The SMILES string of the molecule is O=C(N1CCC(c2nnc3ccccn23)CC1)C1(c2ccc(Br)cc2)CCOCC1. The molecule has 5 rings (SSSR count). The molecule has 1 amide bonds. The van der Waals surface area contributed by atoms with Crippen molar-refractivity contribution in [3.63, 3.8) is 0 Å². The lowest BCUT2D eigenvalue weighted by Crippen LogP contribution is -2.52. The third kappa shape index (κ3) is 3.44. The molecule has 2 aromatic heterocycles. The summed E-state index contributed by atoms with van der Waals surface area (Å²) in [6, 6.07) is 14.2. The van der Waals surface area contributed by atoms with Crippen molar-refractivity contribution in [1.29, 1.82) is 0 Å². The maximum Gasteiger partial charge on any atom is 0.233 e. The summed E-state index contributed by atoms with van der Waals surface area (Å²) in [5.74, 6) is 1.58. The molecule has 2 saturated heterocycles. The van der Waals surface area contributed by atoms with Crippen LogP contribution < -0.4 is 0 Å². The smallest absolute Gasteiger partial charge is 0.233 e. The molecule has 1 aromatic carbocycles. The number of halogens is 1. The van der Waals surface area contributed by atoms with Gasteiger partial charge in [-0.1, -0.05) is 34.1 Å². The molecule has 0 spiro atoms. The largest absolute Gasteiger partial charge is 0.381 e. The lowest BCUT2D eigenvalue weighted by atomic mass is 9.72. The monoisotopic (exact) mass is 468 g/mol. The Kier molecular flexibility index (Phi) is 5.33. The van der Waals surface area contributed by atoms with Gasteiger partial charge >= 0.3 is 0 Å². The van der Waals surface area contributed by atoms with Gasteiger partial charge in [-0.3, -0.25) is 9.20 Å². The molecule has 0 radical (unpaired) electrons. The van der Waals surface area contributed by atoms with Crippen LogP contribution in [0.2, 0.25) is 0 Å². The van der Waals surface area contributed by atoms with Crippen LogP contribution in [0.25, 0.3) is 5.65 Å². The minimum Gasteiger partial charge on any atom is -0.381 e. The number of carbonyl (C=O) groups is 1. The Balaban J connectivity index is 1.35. The Morgan fingerprint density at radius 2 is 1.77 bits per heavy atom. The van der Waals surface area contributed by atoms with Gasteiger partial charge in [-0.2, -0.15) is 0 Å². The van der Waals surface area contributed by atoms with Crippen LogP contribution in [-0.4, -0.2) is 51.7 Å². The lowest BCUT2D eigenvalue weighted by molar-refractivity contribution is -0.142. The maximum atomic E-state index is 13.8. The first-order valence-electron chi connectivity index (χ1n) is 10.6. The molecule has 0 unspecified atom stereocenters. The van der Waals surface area contributed by atoms with Crippen molar-refractivity contribution in [2.24, 2.45) is 0 Å². The van der Waals surface area contributed by atoms with E-state index in [1.54, 1.807) is 0 Å². The van der Waals surface area contributed by atoms with E-state index in [0.717, 1.165) is 60.3 Å². The van der Waals surface area contributed by atoms with E-state index in [1.807, 2.05) is 36.5 Å². The Hall–Kier alpha value is -2.25. The van der Waals surface area contributed by atoms with Crippen molar-refractivity contribution < 1.29 is 9.53 Å². The number of pyridine rings is 1. The second-order valence-electron chi connectivity index (χ2n) is 8.25. The first-order valence-corrected chi connectivity index (χ1v) is 11.4. The highest BCUT2D eigenvalue weighted by Gasteiger charge is 2.44. The van der Waals surface area contributed by atoms with Crippen molar-refractivity contribution in [3.05, 3.63) is 64.5 Å². The number of hydrogen-bond acceptors (Lipinski definition) is 4. The molecule has 3 aromatic rings. The summed E-state index contributed by atoms with van der Waals surface area (Å²) >= 11 is 3.51. The molecular formula is C23H25BrN4O2. The van der Waals surface area contributed by atoms with Crippen LogP contribution in [0.4, 0.5) is 0 Å². The molecule has 2 aliphatic heterocycles. The van der Waals surface area contributed by atoms with E-state index in [-0.39, 0.29) is 5.91 Å². The van der Waals surface area contributed by atoms with E-state index < -0.39 is 5.41 Å². The summed E-state index contributed by atoms with van der Waals surface area (Å²) in [6.07, 6.45) is 5.32. The number of amides is 1. The summed E-state index contributed by atoms with van der Waals surface area (Å²) in [5.41, 5.74) is 1.50. The standard InChI is InChI=1S/C23H25BrN4O2/c24-19-6-4-18(5-7-19)23(10-15-30-16-11-23)22(29)27-13-8-17(9-14-27)21-26-25-20-3-1-2-12-28(20)21/h1-7,12,17H,8-11,13-16H2. The van der Waals surface area contributed by atoms with Gasteiger partial charge in [0, 0.05) is 42.9 Å². The van der Waals surface area contributed by atoms with Gasteiger partial charge in [0.25, 0.3) is 0 Å². The Bertz CT molecular complexity index is 1030. The zero-order valence-electron chi connectivity index (χ0n) is 16.8. The number of hydrogen-bond donors (Lipinski definition) is 0. The van der Waals surface area contributed by atoms with Crippen LogP contribution in [0.15, 0.2) is 53.1 Å². The van der Waals surface area contributed by atoms with E-state index in [2.05, 4.69) is 47.6 Å². The quantitative estimate of drug-likeness (QED) is 0.583. The Labute approximate surface area is 184 Å². The van der Waals surface area contributed by atoms with E-state index in [1.165, 1.54) is 0 Å². The number of nitrogens with zero attached hydrogens (tertiary/aromatic N) is 4. The molecular weight excluding hydrogens is 444 g/mol. The molecule has 7 heteroatoms. The van der Waals surface area contributed by atoms with Gasteiger partial charge in [0.15, 0.2) is 5.65 Å². The number of likely N-dealkylation sites (tertiary alicyclic amines) is 1. The average Bonchev–Trinajstić information content (AvgIpc) is 3.24. The van der Waals surface area contributed by atoms with Crippen LogP contribution in [0.1, 0.15) is 43.0 Å². The van der Waals surface area contributed by atoms with Gasteiger partial charge in [-0.25, -0.2) is 0 Å². The zero-order chi connectivity index (χ0) is 20.6. The molecule has 2 aliphatic rings. The molecule has 2 fully saturated rings. The summed E-state index contributed by atoms with van der Waals surface area (Å²) in [6.45, 7) is 2.77. The van der Waals surface area contributed by atoms with Crippen molar-refractivity contribution in [1.82, 2.24) is 19.5 Å². The number of aromatic nitrogens is 3. The fourth-order valence-corrected chi connectivity index (χ4v) is 5.16. The van der Waals surface area contributed by atoms with Gasteiger partial charge in [0.2, 0.25) is 5.91 Å². The normalized spacial score (nSPS) is 19.8. The van der Waals surface area contributed by atoms with Crippen molar-refractivity contribution in [2.75, 3.05) is 26.3 Å². The second-order valence-corrected chi connectivity index (χ2v) is 9.17. The van der Waals surface area contributed by atoms with Crippen LogP contribution >= 0.6 is 15.9 Å². The summed E-state index contributed by atoms with van der Waals surface area (Å²) < 4.78 is 8.72. The van der Waals surface area contributed by atoms with Crippen LogP contribution in [0.3, 0.4) is 0 Å². The number of fused-ring (bicyclic) bond motifs is 1. The number of piperidine rings is 1. The molecule has 0 saturated carbocycles. The fourth-order valence-electron chi connectivity index (χ4n) is 4.90. The molecule has 0 aliphatic carbocycles. The predicted molar refractivity (Wildman–Crippen MR) is 117 cm³/mol. The number of benzene rings is 1. The maximum absolute atomic E-state index is 13.8. The first kappa shape index (κ1) is 19.7. The Morgan fingerprint density at radius 3 is 2.50 bits per heavy atom. The molecule has 0 atom stereocenters. The van der Waals surface area contributed by atoms with Crippen molar-refractivity contribution in [3.8, 4) is 0 Å². The fraction of sp³-hybridized carbons (Fsp3) is 0.435. The minimum absolute atomic E-state index is 0.248. The minimum atomic E-state index is -0.479. The highest BCUT2D eigenvalue weighted by atomic mass is 79.9. The van der Waals surface area contributed by atoms with Gasteiger partial charge in [0.05, 0.1) is 5.41 Å². The van der Waals surface area contributed by atoms with E-state index >= 15 is 0 Å². The number of rotatable bonds is 3. The van der Waals surface area contributed by atoms with Gasteiger partial charge in [-0.15, -0.1) is 10.2 Å². The highest BCUT2D eigenvalue weighted by molar-refractivity contribution is 9.10. The zero-order valence-corrected chi connectivity index (χ0v) is 18.4. The van der Waals surface area contributed by atoms with Gasteiger partial charge in [0.1, 0.15) is 5.82 Å². The topological polar surface area (TPSA) is 59.7 Å². The molecule has 30 heavy (non-hydrogen) atoms. The van der Waals surface area contributed by atoms with E-state index in [4.69, 9.17) is 4.74 Å². The third-order valence-electron chi connectivity index (χ3n) is 6.64. The third-order valence-corrected chi connectivity index (χ3v) is 7.17. The van der Waals surface area contributed by atoms with Crippen LogP contribution in [0, 0.1) is 0 Å². The summed E-state index contributed by atoms with van der Waals surface area (Å²) in [7, 11) is 0.